The molecular formula is C20H24ClN3O2. The number of ether oxygens (including phenoxy) is 1. The summed E-state index contributed by atoms with van der Waals surface area (Å²) in [5.74, 6) is 1.04. The molecule has 6 heteroatoms. The molecule has 26 heavy (non-hydrogen) atoms. The molecule has 0 fully saturated rings. The largest absolute Gasteiger partial charge is 0.490 e. The smallest absolute Gasteiger partial charge is 0.260 e. The minimum absolute atomic E-state index is 0.0593. The first-order valence-electron chi connectivity index (χ1n) is 8.76. The standard InChI is InChI=1S/C20H24ClN3O2/c1-11(2)9-13(22)10-26-16-6-5-15-14-7-8-23-12(3)17(14)20(25)24(4)19(15)18(16)21/h5-8,11,13H,9-10,22H2,1-4H3. The Hall–Kier alpha value is -2.11. The van der Waals surface area contributed by atoms with Crippen LogP contribution >= 0.6 is 11.6 Å². The summed E-state index contributed by atoms with van der Waals surface area (Å²) in [5, 5.41) is 2.79. The Kier molecular flexibility index (Phi) is 5.21. The molecule has 5 nitrogen and oxygen atoms in total. The minimum atomic E-state index is -0.117. The van der Waals surface area contributed by atoms with E-state index < -0.39 is 0 Å². The summed E-state index contributed by atoms with van der Waals surface area (Å²) in [7, 11) is 1.72. The lowest BCUT2D eigenvalue weighted by Crippen LogP contribution is -2.29. The molecule has 3 rings (SSSR count). The number of fused-ring (bicyclic) bond motifs is 3. The maximum atomic E-state index is 12.8. The highest BCUT2D eigenvalue weighted by Crippen LogP contribution is 2.35. The van der Waals surface area contributed by atoms with Gasteiger partial charge in [-0.05, 0) is 42.8 Å². The lowest BCUT2D eigenvalue weighted by Gasteiger charge is -2.18. The van der Waals surface area contributed by atoms with E-state index in [1.807, 2.05) is 25.1 Å². The number of nitrogens with two attached hydrogens (primary N) is 1. The molecule has 2 aromatic heterocycles. The number of aromatic nitrogens is 2. The van der Waals surface area contributed by atoms with Gasteiger partial charge < -0.3 is 15.0 Å². The molecule has 0 saturated heterocycles. The third kappa shape index (κ3) is 3.29. The number of pyridine rings is 2. The van der Waals surface area contributed by atoms with Crippen LogP contribution in [0.4, 0.5) is 0 Å². The summed E-state index contributed by atoms with van der Waals surface area (Å²) in [6, 6.07) is 5.57. The summed E-state index contributed by atoms with van der Waals surface area (Å²) in [4.78, 5) is 17.1. The van der Waals surface area contributed by atoms with Crippen molar-refractivity contribution >= 4 is 33.3 Å². The molecule has 3 aromatic rings. The van der Waals surface area contributed by atoms with Crippen LogP contribution in [0.5, 0.6) is 5.75 Å². The quantitative estimate of drug-likeness (QED) is 0.690. The molecule has 0 aliphatic rings. The van der Waals surface area contributed by atoms with Crippen LogP contribution in [-0.2, 0) is 7.05 Å². The fourth-order valence-electron chi connectivity index (χ4n) is 3.40. The second kappa shape index (κ2) is 7.25. The first-order chi connectivity index (χ1) is 12.3. The van der Waals surface area contributed by atoms with E-state index in [-0.39, 0.29) is 11.6 Å². The van der Waals surface area contributed by atoms with Crippen LogP contribution in [0.15, 0.2) is 29.2 Å². The zero-order valence-corrected chi connectivity index (χ0v) is 16.3. The van der Waals surface area contributed by atoms with Gasteiger partial charge in [-0.15, -0.1) is 0 Å². The summed E-state index contributed by atoms with van der Waals surface area (Å²) < 4.78 is 7.42. The Morgan fingerprint density at radius 2 is 2.00 bits per heavy atom. The van der Waals surface area contributed by atoms with Crippen LogP contribution in [0.25, 0.3) is 21.7 Å². The van der Waals surface area contributed by atoms with Gasteiger partial charge in [-0.1, -0.05) is 25.4 Å². The first-order valence-corrected chi connectivity index (χ1v) is 9.14. The molecule has 1 atom stereocenters. The second-order valence-corrected chi connectivity index (χ2v) is 7.54. The van der Waals surface area contributed by atoms with E-state index in [4.69, 9.17) is 22.1 Å². The number of benzene rings is 1. The number of rotatable bonds is 5. The lowest BCUT2D eigenvalue weighted by molar-refractivity contribution is 0.271. The number of nitrogens with zero attached hydrogens (tertiary/aromatic N) is 2. The van der Waals surface area contributed by atoms with Gasteiger partial charge in [0.25, 0.3) is 5.56 Å². The maximum absolute atomic E-state index is 12.8. The Bertz CT molecular complexity index is 1030. The van der Waals surface area contributed by atoms with Crippen LogP contribution in [-0.4, -0.2) is 22.2 Å². The van der Waals surface area contributed by atoms with Crippen LogP contribution in [0.3, 0.4) is 0 Å². The van der Waals surface area contributed by atoms with Gasteiger partial charge in [0.2, 0.25) is 0 Å². The van der Waals surface area contributed by atoms with E-state index in [2.05, 4.69) is 18.8 Å². The molecule has 0 radical (unpaired) electrons. The third-order valence-corrected chi connectivity index (χ3v) is 4.96. The zero-order valence-electron chi connectivity index (χ0n) is 15.5. The van der Waals surface area contributed by atoms with E-state index in [1.165, 1.54) is 0 Å². The Labute approximate surface area is 157 Å². The summed E-state index contributed by atoms with van der Waals surface area (Å²) in [6.45, 7) is 6.47. The van der Waals surface area contributed by atoms with Gasteiger partial charge in [-0.25, -0.2) is 0 Å². The van der Waals surface area contributed by atoms with Gasteiger partial charge in [0.05, 0.1) is 16.6 Å². The molecule has 0 amide bonds. The van der Waals surface area contributed by atoms with Crippen molar-refractivity contribution in [2.24, 2.45) is 18.7 Å². The number of hydrogen-bond acceptors (Lipinski definition) is 4. The molecule has 138 valence electrons. The van der Waals surface area contributed by atoms with Gasteiger partial charge in [0.15, 0.2) is 0 Å². The lowest BCUT2D eigenvalue weighted by atomic mass is 10.0. The molecule has 0 spiro atoms. The van der Waals surface area contributed by atoms with Crippen LogP contribution < -0.4 is 16.0 Å². The molecule has 0 bridgehead atoms. The van der Waals surface area contributed by atoms with Crippen molar-refractivity contribution in [1.29, 1.82) is 0 Å². The van der Waals surface area contributed by atoms with E-state index >= 15 is 0 Å². The number of aryl methyl sites for hydroxylation is 2. The summed E-state index contributed by atoms with van der Waals surface area (Å²) in [6.07, 6.45) is 2.58. The molecule has 0 aliphatic heterocycles. The van der Waals surface area contributed by atoms with Gasteiger partial charge in [0, 0.05) is 24.7 Å². The average molecular weight is 374 g/mol. The predicted molar refractivity (Wildman–Crippen MR) is 107 cm³/mol. The van der Waals surface area contributed by atoms with Crippen molar-refractivity contribution in [2.75, 3.05) is 6.61 Å². The molecule has 0 saturated carbocycles. The van der Waals surface area contributed by atoms with Crippen molar-refractivity contribution in [1.82, 2.24) is 9.55 Å². The highest BCUT2D eigenvalue weighted by atomic mass is 35.5. The Morgan fingerprint density at radius 3 is 2.69 bits per heavy atom. The molecule has 1 aromatic carbocycles. The average Bonchev–Trinajstić information content (AvgIpc) is 2.57. The zero-order chi connectivity index (χ0) is 19.0. The number of hydrogen-bond donors (Lipinski definition) is 1. The predicted octanol–water partition coefficient (Wildman–Crippen LogP) is 3.80. The Balaban J connectivity index is 2.11. The minimum Gasteiger partial charge on any atom is -0.490 e. The summed E-state index contributed by atoms with van der Waals surface area (Å²) >= 11 is 6.61. The molecule has 2 heterocycles. The molecule has 2 N–H and O–H groups in total. The fourth-order valence-corrected chi connectivity index (χ4v) is 3.75. The molecule has 0 aliphatic carbocycles. The van der Waals surface area contributed by atoms with Crippen molar-refractivity contribution < 1.29 is 4.74 Å². The topological polar surface area (TPSA) is 70.1 Å². The SMILES string of the molecule is Cc1nccc2c1c(=O)n(C)c1c(Cl)c(OCC(N)CC(C)C)ccc21. The van der Waals surface area contributed by atoms with E-state index in [9.17, 15) is 4.79 Å². The van der Waals surface area contributed by atoms with Crippen LogP contribution in [0.2, 0.25) is 5.02 Å². The van der Waals surface area contributed by atoms with Crippen molar-refractivity contribution in [3.05, 3.63) is 45.5 Å². The van der Waals surface area contributed by atoms with Crippen LogP contribution in [0, 0.1) is 12.8 Å². The van der Waals surface area contributed by atoms with Gasteiger partial charge in [0.1, 0.15) is 17.4 Å². The van der Waals surface area contributed by atoms with Gasteiger partial charge in [-0.3, -0.25) is 9.78 Å². The summed E-state index contributed by atoms with van der Waals surface area (Å²) in [5.41, 5.74) is 7.35. The van der Waals surface area contributed by atoms with E-state index in [1.54, 1.807) is 17.8 Å². The number of halogens is 1. The molecule has 1 unspecified atom stereocenters. The normalized spacial score (nSPS) is 12.9. The third-order valence-electron chi connectivity index (χ3n) is 4.59. The fraction of sp³-hybridized carbons (Fsp3) is 0.400. The maximum Gasteiger partial charge on any atom is 0.260 e. The van der Waals surface area contributed by atoms with E-state index in [0.717, 1.165) is 17.2 Å². The monoisotopic (exact) mass is 373 g/mol. The second-order valence-electron chi connectivity index (χ2n) is 7.16. The first kappa shape index (κ1) is 18.7. The highest BCUT2D eigenvalue weighted by molar-refractivity contribution is 6.37. The van der Waals surface area contributed by atoms with Gasteiger partial charge in [-0.2, -0.15) is 0 Å². The van der Waals surface area contributed by atoms with Crippen molar-refractivity contribution in [2.45, 2.75) is 33.2 Å². The molecular weight excluding hydrogens is 350 g/mol. The van der Waals surface area contributed by atoms with Crippen LogP contribution in [0.1, 0.15) is 26.0 Å². The van der Waals surface area contributed by atoms with E-state index in [0.29, 0.717) is 39.9 Å². The van der Waals surface area contributed by atoms with Gasteiger partial charge >= 0.3 is 0 Å². The Morgan fingerprint density at radius 1 is 1.27 bits per heavy atom. The van der Waals surface area contributed by atoms with Crippen molar-refractivity contribution in [3.63, 3.8) is 0 Å². The highest BCUT2D eigenvalue weighted by Gasteiger charge is 2.17. The van der Waals surface area contributed by atoms with Crippen molar-refractivity contribution in [3.8, 4) is 5.75 Å².